The van der Waals surface area contributed by atoms with Gasteiger partial charge in [-0.3, -0.25) is 4.99 Å². The summed E-state index contributed by atoms with van der Waals surface area (Å²) in [6.45, 7) is 10.8. The molecule has 0 aliphatic rings. The van der Waals surface area contributed by atoms with E-state index in [1.807, 2.05) is 33.2 Å². The van der Waals surface area contributed by atoms with Crippen molar-refractivity contribution in [1.82, 2.24) is 20.2 Å². The standard InChI is InChI=1S/C21H33N5O/c1-16(2)27-20-14-17(3)8-9-19(20)15-25-21(22-5)24-10-6-7-12-26-13-11-23-18(26)4/h8-9,11,13-14,16H,6-7,10,12,15H2,1-5H3,(H2,22,24,25). The Morgan fingerprint density at radius 1 is 1.22 bits per heavy atom. The van der Waals surface area contributed by atoms with Crippen molar-refractivity contribution in [2.75, 3.05) is 13.6 Å². The normalized spacial score (nSPS) is 11.7. The lowest BCUT2D eigenvalue weighted by Crippen LogP contribution is -2.37. The highest BCUT2D eigenvalue weighted by molar-refractivity contribution is 5.79. The second-order valence-electron chi connectivity index (χ2n) is 7.01. The average molecular weight is 372 g/mol. The fourth-order valence-electron chi connectivity index (χ4n) is 2.82. The number of hydrogen-bond donors (Lipinski definition) is 2. The number of aryl methyl sites for hydroxylation is 3. The summed E-state index contributed by atoms with van der Waals surface area (Å²) in [6.07, 6.45) is 6.21. The largest absolute Gasteiger partial charge is 0.491 e. The van der Waals surface area contributed by atoms with Crippen molar-refractivity contribution in [2.45, 2.75) is 59.7 Å². The maximum atomic E-state index is 5.94. The number of nitrogens with zero attached hydrogens (tertiary/aromatic N) is 3. The molecule has 0 fully saturated rings. The first kappa shape index (κ1) is 20.8. The SMILES string of the molecule is CN=C(NCCCCn1ccnc1C)NCc1ccc(C)cc1OC(C)C. The third-order valence-corrected chi connectivity index (χ3v) is 4.30. The van der Waals surface area contributed by atoms with Crippen LogP contribution in [0.25, 0.3) is 0 Å². The molecule has 6 nitrogen and oxygen atoms in total. The minimum atomic E-state index is 0.155. The van der Waals surface area contributed by atoms with Gasteiger partial charge in [-0.25, -0.2) is 4.98 Å². The molecule has 1 aromatic heterocycles. The number of benzene rings is 1. The minimum Gasteiger partial charge on any atom is -0.491 e. The molecule has 0 unspecified atom stereocenters. The summed E-state index contributed by atoms with van der Waals surface area (Å²) in [6, 6.07) is 6.31. The van der Waals surface area contributed by atoms with Crippen molar-refractivity contribution in [1.29, 1.82) is 0 Å². The molecule has 2 aromatic rings. The first-order valence-corrected chi connectivity index (χ1v) is 9.68. The van der Waals surface area contributed by atoms with Gasteiger partial charge in [-0.15, -0.1) is 0 Å². The third kappa shape index (κ3) is 6.96. The van der Waals surface area contributed by atoms with Gasteiger partial charge in [0.2, 0.25) is 0 Å². The zero-order valence-corrected chi connectivity index (χ0v) is 17.2. The average Bonchev–Trinajstić information content (AvgIpc) is 3.03. The summed E-state index contributed by atoms with van der Waals surface area (Å²) in [7, 11) is 1.80. The van der Waals surface area contributed by atoms with Crippen molar-refractivity contribution >= 4 is 5.96 Å². The molecule has 0 spiro atoms. The highest BCUT2D eigenvalue weighted by Crippen LogP contribution is 2.21. The molecule has 0 saturated heterocycles. The van der Waals surface area contributed by atoms with Gasteiger partial charge < -0.3 is 19.9 Å². The number of ether oxygens (including phenoxy) is 1. The van der Waals surface area contributed by atoms with Crippen molar-refractivity contribution in [3.8, 4) is 5.75 Å². The molecule has 0 aliphatic heterocycles. The van der Waals surface area contributed by atoms with Gasteiger partial charge in [0.15, 0.2) is 5.96 Å². The van der Waals surface area contributed by atoms with E-state index in [4.69, 9.17) is 4.74 Å². The quantitative estimate of drug-likeness (QED) is 0.403. The molecule has 2 rings (SSSR count). The molecular formula is C21H33N5O. The summed E-state index contributed by atoms with van der Waals surface area (Å²) in [5, 5.41) is 6.76. The van der Waals surface area contributed by atoms with Crippen LogP contribution in [0, 0.1) is 13.8 Å². The monoisotopic (exact) mass is 371 g/mol. The lowest BCUT2D eigenvalue weighted by molar-refractivity contribution is 0.239. The summed E-state index contributed by atoms with van der Waals surface area (Å²) in [4.78, 5) is 8.56. The van der Waals surface area contributed by atoms with E-state index < -0.39 is 0 Å². The van der Waals surface area contributed by atoms with Crippen LogP contribution in [0.15, 0.2) is 35.6 Å². The molecule has 0 saturated carbocycles. The molecule has 0 amide bonds. The maximum Gasteiger partial charge on any atom is 0.191 e. The Kier molecular flexibility index (Phi) is 8.17. The lowest BCUT2D eigenvalue weighted by Gasteiger charge is -2.17. The Morgan fingerprint density at radius 3 is 2.70 bits per heavy atom. The third-order valence-electron chi connectivity index (χ3n) is 4.30. The van der Waals surface area contributed by atoms with Crippen LogP contribution >= 0.6 is 0 Å². The van der Waals surface area contributed by atoms with Crippen LogP contribution in [0.1, 0.15) is 43.6 Å². The molecule has 0 atom stereocenters. The Labute approximate surface area is 163 Å². The highest BCUT2D eigenvalue weighted by Gasteiger charge is 2.07. The van der Waals surface area contributed by atoms with Gasteiger partial charge in [-0.2, -0.15) is 0 Å². The first-order valence-electron chi connectivity index (χ1n) is 9.68. The van der Waals surface area contributed by atoms with Gasteiger partial charge in [0.1, 0.15) is 11.6 Å². The van der Waals surface area contributed by atoms with Crippen molar-refractivity contribution in [3.05, 3.63) is 47.5 Å². The summed E-state index contributed by atoms with van der Waals surface area (Å²) in [5.74, 6) is 2.81. The number of aromatic nitrogens is 2. The molecule has 0 bridgehead atoms. The Balaban J connectivity index is 1.76. The molecular weight excluding hydrogens is 338 g/mol. The van der Waals surface area contributed by atoms with E-state index in [1.54, 1.807) is 7.05 Å². The smallest absolute Gasteiger partial charge is 0.191 e. The number of nitrogens with one attached hydrogen (secondary N) is 2. The fourth-order valence-corrected chi connectivity index (χ4v) is 2.82. The Hall–Kier alpha value is -2.50. The van der Waals surface area contributed by atoms with Gasteiger partial charge in [0, 0.05) is 44.6 Å². The van der Waals surface area contributed by atoms with E-state index in [2.05, 4.69) is 50.3 Å². The van der Waals surface area contributed by atoms with E-state index in [0.717, 1.165) is 49.0 Å². The summed E-state index contributed by atoms with van der Waals surface area (Å²) >= 11 is 0. The Bertz CT molecular complexity index is 736. The van der Waals surface area contributed by atoms with Crippen LogP contribution in [-0.2, 0) is 13.1 Å². The van der Waals surface area contributed by atoms with Crippen LogP contribution in [0.3, 0.4) is 0 Å². The van der Waals surface area contributed by atoms with E-state index in [0.29, 0.717) is 6.54 Å². The number of aliphatic imine (C=N–C) groups is 1. The summed E-state index contributed by atoms with van der Waals surface area (Å²) in [5.41, 5.74) is 2.33. The van der Waals surface area contributed by atoms with Gasteiger partial charge >= 0.3 is 0 Å². The maximum absolute atomic E-state index is 5.94. The van der Waals surface area contributed by atoms with Gasteiger partial charge in [0.25, 0.3) is 0 Å². The van der Waals surface area contributed by atoms with Crippen molar-refractivity contribution in [3.63, 3.8) is 0 Å². The number of hydrogen-bond acceptors (Lipinski definition) is 3. The van der Waals surface area contributed by atoms with Crippen LogP contribution < -0.4 is 15.4 Å². The number of unbranched alkanes of at least 4 members (excludes halogenated alkanes) is 1. The van der Waals surface area contributed by atoms with E-state index >= 15 is 0 Å². The lowest BCUT2D eigenvalue weighted by atomic mass is 10.1. The summed E-state index contributed by atoms with van der Waals surface area (Å²) < 4.78 is 8.12. The second kappa shape index (κ2) is 10.6. The molecule has 6 heteroatoms. The van der Waals surface area contributed by atoms with E-state index in [-0.39, 0.29) is 6.10 Å². The highest BCUT2D eigenvalue weighted by atomic mass is 16.5. The molecule has 148 valence electrons. The molecule has 1 aromatic carbocycles. The molecule has 0 radical (unpaired) electrons. The molecule has 2 N–H and O–H groups in total. The molecule has 1 heterocycles. The van der Waals surface area contributed by atoms with Gasteiger partial charge in [-0.1, -0.05) is 12.1 Å². The number of imidazole rings is 1. The second-order valence-corrected chi connectivity index (χ2v) is 7.01. The fraction of sp³-hybridized carbons (Fsp3) is 0.524. The molecule has 27 heavy (non-hydrogen) atoms. The Morgan fingerprint density at radius 2 is 2.04 bits per heavy atom. The van der Waals surface area contributed by atoms with E-state index in [1.165, 1.54) is 5.56 Å². The number of guanidine groups is 1. The molecule has 0 aliphatic carbocycles. The topological polar surface area (TPSA) is 63.5 Å². The van der Waals surface area contributed by atoms with Crippen LogP contribution in [0.4, 0.5) is 0 Å². The van der Waals surface area contributed by atoms with Gasteiger partial charge in [0.05, 0.1) is 6.10 Å². The van der Waals surface area contributed by atoms with E-state index in [9.17, 15) is 0 Å². The van der Waals surface area contributed by atoms with Crippen molar-refractivity contribution < 1.29 is 4.74 Å². The van der Waals surface area contributed by atoms with Gasteiger partial charge in [-0.05, 0) is 52.2 Å². The predicted molar refractivity (Wildman–Crippen MR) is 111 cm³/mol. The van der Waals surface area contributed by atoms with Crippen LogP contribution in [-0.4, -0.2) is 35.2 Å². The minimum absolute atomic E-state index is 0.155. The predicted octanol–water partition coefficient (Wildman–Crippen LogP) is 3.43. The zero-order valence-electron chi connectivity index (χ0n) is 17.2. The first-order chi connectivity index (χ1) is 13.0. The van der Waals surface area contributed by atoms with Crippen molar-refractivity contribution in [2.24, 2.45) is 4.99 Å². The zero-order chi connectivity index (χ0) is 19.6. The number of rotatable bonds is 9. The van der Waals surface area contributed by atoms with Crippen LogP contribution in [0.5, 0.6) is 5.75 Å². The van der Waals surface area contributed by atoms with Crippen LogP contribution in [0.2, 0.25) is 0 Å².